The van der Waals surface area contributed by atoms with Gasteiger partial charge < -0.3 is 9.47 Å². The molecule has 4 heterocycles. The highest BCUT2D eigenvalue weighted by Crippen LogP contribution is 2.33. The van der Waals surface area contributed by atoms with E-state index in [4.69, 9.17) is 9.47 Å². The van der Waals surface area contributed by atoms with E-state index in [1.807, 2.05) is 0 Å². The molecule has 5 rings (SSSR count). The molecule has 0 bridgehead atoms. The van der Waals surface area contributed by atoms with E-state index in [-0.39, 0.29) is 17.5 Å². The number of halogens is 1. The van der Waals surface area contributed by atoms with Crippen LogP contribution in [-0.2, 0) is 11.8 Å². The molecule has 1 aliphatic rings. The second-order valence-electron chi connectivity index (χ2n) is 10.6. The van der Waals surface area contributed by atoms with Gasteiger partial charge in [0, 0.05) is 48.5 Å². The van der Waals surface area contributed by atoms with E-state index in [2.05, 4.69) is 30.7 Å². The summed E-state index contributed by atoms with van der Waals surface area (Å²) in [4.78, 5) is 21.9. The molecule has 1 unspecified atom stereocenters. The van der Waals surface area contributed by atoms with Crippen LogP contribution in [0.4, 0.5) is 4.39 Å². The summed E-state index contributed by atoms with van der Waals surface area (Å²) in [7, 11) is 1.74. The number of hydrogen-bond donors (Lipinski definition) is 0. The summed E-state index contributed by atoms with van der Waals surface area (Å²) in [5.74, 6) is 0.133. The Bertz CT molecular complexity index is 1440. The van der Waals surface area contributed by atoms with Gasteiger partial charge in [-0.2, -0.15) is 0 Å². The fourth-order valence-electron chi connectivity index (χ4n) is 5.16. The number of nitrogens with zero attached hydrogens (tertiary/aromatic N) is 4. The summed E-state index contributed by atoms with van der Waals surface area (Å²) < 4.78 is 29.8. The molecule has 1 aromatic carbocycles. The zero-order valence-electron chi connectivity index (χ0n) is 24.4. The number of aryl methyl sites for hydroxylation is 1. The highest BCUT2D eigenvalue weighted by molar-refractivity contribution is 6.04. The maximum absolute atomic E-state index is 15.1. The molecule has 216 valence electrons. The van der Waals surface area contributed by atoms with Gasteiger partial charge in [0.05, 0.1) is 42.0 Å². The number of imidazole rings is 1. The van der Waals surface area contributed by atoms with Crippen molar-refractivity contribution in [3.8, 4) is 17.0 Å². The van der Waals surface area contributed by atoms with Crippen molar-refractivity contribution in [1.82, 2.24) is 19.1 Å². The van der Waals surface area contributed by atoms with Crippen LogP contribution in [0, 0.1) is 5.82 Å². The number of ether oxygens (including phenoxy) is 2. The summed E-state index contributed by atoms with van der Waals surface area (Å²) in [5.41, 5.74) is 2.92. The summed E-state index contributed by atoms with van der Waals surface area (Å²) in [6.07, 6.45) is 14.0. The number of rotatable bonds is 10. The largest absolute Gasteiger partial charge is 0.478 e. The number of unbranched alkanes of at least 4 members (excludes halogenated alkanes) is 5. The zero-order valence-corrected chi connectivity index (χ0v) is 24.4. The van der Waals surface area contributed by atoms with Gasteiger partial charge in [0.1, 0.15) is 5.82 Å². The smallest absolute Gasteiger partial charge is 0.329 e. The van der Waals surface area contributed by atoms with Crippen LogP contribution >= 0.6 is 0 Å². The average molecular weight is 551 g/mol. The number of fused-ring (bicyclic) bond motifs is 3. The van der Waals surface area contributed by atoms with E-state index >= 15 is 4.39 Å². The van der Waals surface area contributed by atoms with Crippen molar-refractivity contribution in [3.05, 3.63) is 53.0 Å². The molecular weight excluding hydrogens is 507 g/mol. The topological polar surface area (TPSA) is 71.2 Å². The fraction of sp³-hybridized carbons (Fsp3) is 0.531. The van der Waals surface area contributed by atoms with Crippen molar-refractivity contribution in [2.75, 3.05) is 19.8 Å². The van der Waals surface area contributed by atoms with Gasteiger partial charge in [-0.15, -0.1) is 0 Å². The first-order valence-electron chi connectivity index (χ1n) is 14.9. The average Bonchev–Trinajstić information content (AvgIpc) is 3.24. The second-order valence-corrected chi connectivity index (χ2v) is 10.6. The predicted molar refractivity (Wildman–Crippen MR) is 160 cm³/mol. The molecule has 0 saturated carbocycles. The minimum atomic E-state index is -0.387. The third kappa shape index (κ3) is 6.72. The Labute approximate surface area is 236 Å². The molecule has 0 radical (unpaired) electrons. The van der Waals surface area contributed by atoms with Gasteiger partial charge in [-0.1, -0.05) is 59.3 Å². The molecular formula is C32H43FN4O3. The Morgan fingerprint density at radius 1 is 1.02 bits per heavy atom. The van der Waals surface area contributed by atoms with Crippen molar-refractivity contribution in [2.24, 2.45) is 7.05 Å². The number of aromatic nitrogens is 4. The zero-order chi connectivity index (χ0) is 28.5. The minimum Gasteiger partial charge on any atom is -0.478 e. The molecule has 0 aliphatic carbocycles. The van der Waals surface area contributed by atoms with E-state index < -0.39 is 0 Å². The van der Waals surface area contributed by atoms with Crippen molar-refractivity contribution in [2.45, 2.75) is 84.6 Å². The van der Waals surface area contributed by atoms with Gasteiger partial charge >= 0.3 is 5.69 Å². The fourth-order valence-corrected chi connectivity index (χ4v) is 5.16. The number of benzene rings is 1. The van der Waals surface area contributed by atoms with Crippen molar-refractivity contribution < 1.29 is 13.9 Å². The molecule has 7 nitrogen and oxygen atoms in total. The lowest BCUT2D eigenvalue weighted by atomic mass is 10.0. The molecule has 1 aliphatic heterocycles. The third-order valence-electron chi connectivity index (χ3n) is 7.51. The Hall–Kier alpha value is -3.26. The van der Waals surface area contributed by atoms with E-state index in [1.54, 1.807) is 46.8 Å². The maximum atomic E-state index is 15.1. The van der Waals surface area contributed by atoms with Crippen LogP contribution in [0.1, 0.15) is 84.6 Å². The number of pyridine rings is 2. The van der Waals surface area contributed by atoms with Crippen LogP contribution in [0.2, 0.25) is 0 Å². The Morgan fingerprint density at radius 2 is 1.80 bits per heavy atom. The van der Waals surface area contributed by atoms with Gasteiger partial charge in [0.25, 0.3) is 0 Å². The molecule has 1 fully saturated rings. The van der Waals surface area contributed by atoms with Gasteiger partial charge in [0.2, 0.25) is 5.88 Å². The molecule has 8 heteroatoms. The first-order valence-corrected chi connectivity index (χ1v) is 14.9. The molecule has 0 N–H and O–H groups in total. The van der Waals surface area contributed by atoms with Crippen molar-refractivity contribution >= 4 is 21.9 Å². The first-order chi connectivity index (χ1) is 19.5. The molecule has 0 spiro atoms. The van der Waals surface area contributed by atoms with E-state index in [0.29, 0.717) is 47.9 Å². The van der Waals surface area contributed by atoms with E-state index in [0.717, 1.165) is 36.6 Å². The van der Waals surface area contributed by atoms with Crippen LogP contribution < -0.4 is 10.4 Å². The standard InChI is InChI=1S/C25H27FN4O3.C7H16/c1-3-4-10-33-23-8-7-16(13-28-23)18-11-19-21(12-20(18)26)27-14-22-24(19)30(25(31)29(22)2)17-6-5-9-32-15-17;1-3-5-7-6-4-2/h7-8,11-14,17H,3-6,9-10,15H2,1-2H3;3-7H2,1-2H3. The Morgan fingerprint density at radius 3 is 2.45 bits per heavy atom. The Kier molecular flexibility index (Phi) is 10.7. The quantitative estimate of drug-likeness (QED) is 0.190. The number of hydrogen-bond acceptors (Lipinski definition) is 5. The summed E-state index contributed by atoms with van der Waals surface area (Å²) in [6.45, 7) is 8.39. The lowest BCUT2D eigenvalue weighted by molar-refractivity contribution is 0.0593. The van der Waals surface area contributed by atoms with E-state index in [1.165, 1.54) is 38.2 Å². The van der Waals surface area contributed by atoms with Gasteiger partial charge in [-0.25, -0.2) is 14.2 Å². The predicted octanol–water partition coefficient (Wildman–Crippen LogP) is 7.60. The van der Waals surface area contributed by atoms with Crippen molar-refractivity contribution in [1.29, 1.82) is 0 Å². The summed E-state index contributed by atoms with van der Waals surface area (Å²) in [6, 6.07) is 6.70. The van der Waals surface area contributed by atoms with Crippen LogP contribution in [-0.4, -0.2) is 38.9 Å². The normalized spacial score (nSPS) is 15.3. The lowest BCUT2D eigenvalue weighted by Crippen LogP contribution is -2.31. The van der Waals surface area contributed by atoms with Gasteiger partial charge in [-0.3, -0.25) is 14.1 Å². The van der Waals surface area contributed by atoms with Crippen LogP contribution in [0.5, 0.6) is 5.88 Å². The molecule has 3 aromatic heterocycles. The van der Waals surface area contributed by atoms with Crippen LogP contribution in [0.15, 0.2) is 41.5 Å². The lowest BCUT2D eigenvalue weighted by Gasteiger charge is -2.23. The molecule has 1 saturated heterocycles. The van der Waals surface area contributed by atoms with Gasteiger partial charge in [-0.05, 0) is 31.4 Å². The van der Waals surface area contributed by atoms with Crippen LogP contribution in [0.25, 0.3) is 33.1 Å². The molecule has 1 atom stereocenters. The minimum absolute atomic E-state index is 0.0599. The highest BCUT2D eigenvalue weighted by atomic mass is 19.1. The third-order valence-corrected chi connectivity index (χ3v) is 7.51. The first kappa shape index (κ1) is 29.7. The highest BCUT2D eigenvalue weighted by Gasteiger charge is 2.24. The SMILES string of the molecule is CCCCCCC.CCCCOc1ccc(-c2cc3c(cc2F)ncc2c3n(C3CCCOC3)c(=O)n2C)cn1. The molecule has 40 heavy (non-hydrogen) atoms. The van der Waals surface area contributed by atoms with E-state index in [9.17, 15) is 4.79 Å². The van der Waals surface area contributed by atoms with Gasteiger partial charge in [0.15, 0.2) is 0 Å². The summed E-state index contributed by atoms with van der Waals surface area (Å²) >= 11 is 0. The second kappa shape index (κ2) is 14.4. The molecule has 4 aromatic rings. The van der Waals surface area contributed by atoms with Crippen molar-refractivity contribution in [3.63, 3.8) is 0 Å². The maximum Gasteiger partial charge on any atom is 0.329 e. The molecule has 0 amide bonds. The Balaban J connectivity index is 0.000000470. The summed E-state index contributed by atoms with van der Waals surface area (Å²) in [5, 5.41) is 0.732. The van der Waals surface area contributed by atoms with Crippen LogP contribution in [0.3, 0.4) is 0 Å². The monoisotopic (exact) mass is 550 g/mol.